The van der Waals surface area contributed by atoms with E-state index in [1.807, 2.05) is 32.1 Å². The second kappa shape index (κ2) is 12.5. The highest BCUT2D eigenvalue weighted by molar-refractivity contribution is 7.99. The Morgan fingerprint density at radius 1 is 1.24 bits per heavy atom. The number of anilines is 1. The number of para-hydroxylation sites is 1. The largest absolute Gasteiger partial charge is 0.451 e. The Balaban J connectivity index is 2.04. The molecule has 1 aromatic heterocycles. The number of thioether (sulfide) groups is 1. The fourth-order valence-corrected chi connectivity index (χ4v) is 3.87. The average Bonchev–Trinajstić information content (AvgIpc) is 3.05. The number of esters is 1. The number of ether oxygens (including phenoxy) is 1. The Morgan fingerprint density at radius 3 is 2.64 bits per heavy atom. The number of aromatic nitrogens is 1. The van der Waals surface area contributed by atoms with Gasteiger partial charge in [0, 0.05) is 22.8 Å². The molecule has 0 aliphatic carbocycles. The van der Waals surface area contributed by atoms with Crippen LogP contribution in [0, 0.1) is 42.4 Å². The molecule has 0 radical (unpaired) electrons. The molecular formula is C25H28N4O3S. The van der Waals surface area contributed by atoms with Crippen molar-refractivity contribution in [3.05, 3.63) is 52.9 Å². The molecule has 7 nitrogen and oxygen atoms in total. The van der Waals surface area contributed by atoms with E-state index in [-0.39, 0.29) is 11.3 Å². The van der Waals surface area contributed by atoms with Gasteiger partial charge >= 0.3 is 5.97 Å². The van der Waals surface area contributed by atoms with Crippen molar-refractivity contribution in [1.29, 1.82) is 10.5 Å². The molecule has 1 aromatic carbocycles. The molecule has 0 fully saturated rings. The molecule has 172 valence electrons. The number of nitriles is 2. The molecule has 33 heavy (non-hydrogen) atoms. The molecule has 1 heterocycles. The summed E-state index contributed by atoms with van der Waals surface area (Å²) in [6, 6.07) is 12.9. The van der Waals surface area contributed by atoms with Crippen molar-refractivity contribution in [1.82, 2.24) is 4.57 Å². The minimum absolute atomic E-state index is 0.170. The first-order valence-electron chi connectivity index (χ1n) is 10.6. The average molecular weight is 465 g/mol. The van der Waals surface area contributed by atoms with Gasteiger partial charge < -0.3 is 14.6 Å². The van der Waals surface area contributed by atoms with Crippen LogP contribution >= 0.6 is 11.8 Å². The van der Waals surface area contributed by atoms with Crippen molar-refractivity contribution in [2.45, 2.75) is 45.6 Å². The third-order valence-electron chi connectivity index (χ3n) is 4.97. The van der Waals surface area contributed by atoms with E-state index in [0.717, 1.165) is 34.8 Å². The summed E-state index contributed by atoms with van der Waals surface area (Å²) in [5.74, 6) is -0.571. The van der Waals surface area contributed by atoms with Crippen LogP contribution in [0.5, 0.6) is 0 Å². The summed E-state index contributed by atoms with van der Waals surface area (Å²) in [5, 5.41) is 20.9. The van der Waals surface area contributed by atoms with Crippen molar-refractivity contribution < 1.29 is 14.3 Å². The molecule has 2 rings (SSSR count). The summed E-state index contributed by atoms with van der Waals surface area (Å²) in [7, 11) is 0. The van der Waals surface area contributed by atoms with Gasteiger partial charge in [0.15, 0.2) is 6.61 Å². The fraction of sp³-hybridized carbons (Fsp3) is 0.360. The van der Waals surface area contributed by atoms with Crippen molar-refractivity contribution in [2.75, 3.05) is 17.7 Å². The highest BCUT2D eigenvalue weighted by Gasteiger charge is 2.16. The molecule has 0 saturated heterocycles. The van der Waals surface area contributed by atoms with Crippen molar-refractivity contribution in [3.63, 3.8) is 0 Å². The number of aryl methyl sites for hydroxylation is 1. The SMILES string of the molecule is Cc1cc(/C=C(\C#N)C(=O)OCC(=O)Nc2ccccc2SCC#N)c(C)n1CCC(C)C. The number of amides is 1. The predicted molar refractivity (Wildman–Crippen MR) is 129 cm³/mol. The van der Waals surface area contributed by atoms with Gasteiger partial charge in [-0.15, -0.1) is 11.8 Å². The smallest absolute Gasteiger partial charge is 0.349 e. The van der Waals surface area contributed by atoms with Crippen molar-refractivity contribution in [3.8, 4) is 12.1 Å². The number of carbonyl (C=O) groups excluding carboxylic acids is 2. The zero-order valence-electron chi connectivity index (χ0n) is 19.3. The first kappa shape index (κ1) is 25.8. The van der Waals surface area contributed by atoms with Crippen LogP contribution in [0.3, 0.4) is 0 Å². The van der Waals surface area contributed by atoms with Crippen LogP contribution in [-0.2, 0) is 20.9 Å². The lowest BCUT2D eigenvalue weighted by molar-refractivity contribution is -0.142. The standard InChI is InChI=1S/C25H28N4O3S/c1-17(2)9-11-29-18(3)13-20(19(29)4)14-21(15-27)25(31)32-16-24(30)28-22-7-5-6-8-23(22)33-12-10-26/h5-8,13-14,17H,9,11-12,16H2,1-4H3,(H,28,30)/b21-14+. The van der Waals surface area contributed by atoms with Gasteiger partial charge in [0.05, 0.1) is 17.5 Å². The van der Waals surface area contributed by atoms with Crippen molar-refractivity contribution in [2.24, 2.45) is 5.92 Å². The number of nitrogens with one attached hydrogen (secondary N) is 1. The summed E-state index contributed by atoms with van der Waals surface area (Å²) in [6.45, 7) is 8.62. The van der Waals surface area contributed by atoms with Gasteiger partial charge in [-0.25, -0.2) is 4.79 Å². The minimum Gasteiger partial charge on any atom is -0.451 e. The molecule has 8 heteroatoms. The summed E-state index contributed by atoms with van der Waals surface area (Å²) < 4.78 is 7.24. The zero-order chi connectivity index (χ0) is 24.4. The Hall–Kier alpha value is -3.49. The minimum atomic E-state index is -0.855. The highest BCUT2D eigenvalue weighted by atomic mass is 32.2. The van der Waals surface area contributed by atoms with Crippen LogP contribution in [-0.4, -0.2) is 28.8 Å². The van der Waals surface area contributed by atoms with E-state index in [0.29, 0.717) is 11.6 Å². The number of rotatable bonds is 10. The summed E-state index contributed by atoms with van der Waals surface area (Å²) in [5.41, 5.74) is 3.16. The maximum Gasteiger partial charge on any atom is 0.349 e. The molecule has 1 amide bonds. The highest BCUT2D eigenvalue weighted by Crippen LogP contribution is 2.26. The van der Waals surface area contributed by atoms with Crippen LogP contribution in [0.15, 0.2) is 40.8 Å². The normalized spacial score (nSPS) is 11.1. The first-order valence-corrected chi connectivity index (χ1v) is 11.6. The molecule has 0 bridgehead atoms. The summed E-state index contributed by atoms with van der Waals surface area (Å²) in [6.07, 6.45) is 2.53. The van der Waals surface area contributed by atoms with E-state index >= 15 is 0 Å². The van der Waals surface area contributed by atoms with E-state index in [9.17, 15) is 14.9 Å². The Kier molecular flexibility index (Phi) is 9.78. The number of nitrogens with zero attached hydrogens (tertiary/aromatic N) is 3. The number of hydrogen-bond donors (Lipinski definition) is 1. The number of benzene rings is 1. The second-order valence-electron chi connectivity index (χ2n) is 7.90. The second-order valence-corrected chi connectivity index (χ2v) is 8.91. The predicted octanol–water partition coefficient (Wildman–Crippen LogP) is 4.86. The maximum absolute atomic E-state index is 12.4. The van der Waals surface area contributed by atoms with Crippen LogP contribution in [0.2, 0.25) is 0 Å². The van der Waals surface area contributed by atoms with Crippen LogP contribution in [0.4, 0.5) is 5.69 Å². The quantitative estimate of drug-likeness (QED) is 0.233. The Morgan fingerprint density at radius 2 is 1.97 bits per heavy atom. The lowest BCUT2D eigenvalue weighted by Gasteiger charge is -2.11. The third kappa shape index (κ3) is 7.55. The summed E-state index contributed by atoms with van der Waals surface area (Å²) in [4.78, 5) is 25.4. The van der Waals surface area contributed by atoms with Gasteiger partial charge in [0.2, 0.25) is 0 Å². The van der Waals surface area contributed by atoms with Crippen LogP contribution < -0.4 is 5.32 Å². The zero-order valence-corrected chi connectivity index (χ0v) is 20.2. The first-order chi connectivity index (χ1) is 15.8. The summed E-state index contributed by atoms with van der Waals surface area (Å²) >= 11 is 1.29. The van der Waals surface area contributed by atoms with Gasteiger partial charge in [-0.3, -0.25) is 4.79 Å². The van der Waals surface area contributed by atoms with E-state index in [4.69, 9.17) is 10.00 Å². The van der Waals surface area contributed by atoms with Crippen molar-refractivity contribution >= 4 is 35.4 Å². The monoisotopic (exact) mass is 464 g/mol. The van der Waals surface area contributed by atoms with E-state index in [2.05, 4.69) is 23.7 Å². The molecular weight excluding hydrogens is 436 g/mol. The Bertz CT molecular complexity index is 1120. The molecule has 0 aliphatic rings. The van der Waals surface area contributed by atoms with Gasteiger partial charge in [-0.1, -0.05) is 26.0 Å². The van der Waals surface area contributed by atoms with Gasteiger partial charge in [-0.2, -0.15) is 10.5 Å². The lowest BCUT2D eigenvalue weighted by Crippen LogP contribution is -2.21. The van der Waals surface area contributed by atoms with Gasteiger partial charge in [0.1, 0.15) is 11.6 Å². The van der Waals surface area contributed by atoms with E-state index in [1.54, 1.807) is 24.3 Å². The molecule has 0 unspecified atom stereocenters. The van der Waals surface area contributed by atoms with Crippen LogP contribution in [0.1, 0.15) is 37.2 Å². The molecule has 0 saturated carbocycles. The fourth-order valence-electron chi connectivity index (χ4n) is 3.20. The van der Waals surface area contributed by atoms with E-state index in [1.165, 1.54) is 17.8 Å². The van der Waals surface area contributed by atoms with Crippen LogP contribution in [0.25, 0.3) is 6.08 Å². The molecule has 0 atom stereocenters. The third-order valence-corrected chi connectivity index (χ3v) is 5.91. The van der Waals surface area contributed by atoms with Gasteiger partial charge in [0.25, 0.3) is 5.91 Å². The van der Waals surface area contributed by atoms with E-state index < -0.39 is 18.5 Å². The molecule has 1 N–H and O–H groups in total. The maximum atomic E-state index is 12.4. The number of hydrogen-bond acceptors (Lipinski definition) is 6. The molecule has 2 aromatic rings. The number of carbonyl (C=O) groups is 2. The lowest BCUT2D eigenvalue weighted by atomic mass is 10.1. The van der Waals surface area contributed by atoms with Gasteiger partial charge in [-0.05, 0) is 56.0 Å². The molecule has 0 aliphatic heterocycles. The topological polar surface area (TPSA) is 108 Å². The Labute approximate surface area is 199 Å². The molecule has 0 spiro atoms.